The van der Waals surface area contributed by atoms with Gasteiger partial charge >= 0.3 is 0 Å². The molecule has 3 rings (SSSR count). The van der Waals surface area contributed by atoms with Crippen molar-refractivity contribution in [3.05, 3.63) is 78.6 Å². The van der Waals surface area contributed by atoms with Gasteiger partial charge in [-0.3, -0.25) is 0 Å². The topological polar surface area (TPSA) is 41.3 Å². The van der Waals surface area contributed by atoms with E-state index in [4.69, 9.17) is 0 Å². The number of hydrogen-bond acceptors (Lipinski definition) is 3. The Bertz CT molecular complexity index is 723. The Labute approximate surface area is 143 Å². The second-order valence-corrected chi connectivity index (χ2v) is 5.90. The number of aromatic nitrogens is 2. The van der Waals surface area contributed by atoms with Crippen LogP contribution in [0.2, 0.25) is 0 Å². The van der Waals surface area contributed by atoms with Gasteiger partial charge in [0.15, 0.2) is 0 Å². The molecule has 0 bridgehead atoms. The lowest BCUT2D eigenvalue weighted by Gasteiger charge is -2.27. The fourth-order valence-electron chi connectivity index (χ4n) is 2.68. The molecule has 1 unspecified atom stereocenters. The molecule has 2 aromatic carbocycles. The highest BCUT2D eigenvalue weighted by molar-refractivity contribution is 5.47. The van der Waals surface area contributed by atoms with Gasteiger partial charge in [-0.25, -0.2) is 4.68 Å². The van der Waals surface area contributed by atoms with E-state index >= 15 is 0 Å². The van der Waals surface area contributed by atoms with Crippen LogP contribution in [0.5, 0.6) is 0 Å². The second-order valence-electron chi connectivity index (χ2n) is 5.90. The lowest BCUT2D eigenvalue weighted by atomic mass is 10.1. The normalized spacial score (nSPS) is 12.1. The minimum atomic E-state index is -0.325. The molecule has 124 valence electrons. The van der Waals surface area contributed by atoms with Gasteiger partial charge in [0, 0.05) is 31.2 Å². The standard InChI is InChI=1S/C20H23N3O/c1-2-20(24)16-22(18-7-4-3-5-8-18)15-17-9-11-19(12-10-17)23-14-6-13-21-23/h3-14,20,24H,2,15-16H2,1H3. The average Bonchev–Trinajstić information content (AvgIpc) is 3.17. The van der Waals surface area contributed by atoms with Crippen molar-refractivity contribution in [2.24, 2.45) is 0 Å². The highest BCUT2D eigenvalue weighted by Gasteiger charge is 2.12. The van der Waals surface area contributed by atoms with Crippen molar-refractivity contribution in [1.29, 1.82) is 0 Å². The Morgan fingerprint density at radius 2 is 1.79 bits per heavy atom. The van der Waals surface area contributed by atoms with E-state index < -0.39 is 0 Å². The Morgan fingerprint density at radius 3 is 2.42 bits per heavy atom. The van der Waals surface area contributed by atoms with E-state index in [1.54, 1.807) is 6.20 Å². The van der Waals surface area contributed by atoms with Crippen molar-refractivity contribution >= 4 is 5.69 Å². The zero-order chi connectivity index (χ0) is 16.8. The van der Waals surface area contributed by atoms with Crippen LogP contribution in [-0.4, -0.2) is 27.5 Å². The Hall–Kier alpha value is -2.59. The molecular weight excluding hydrogens is 298 g/mol. The third-order valence-corrected chi connectivity index (χ3v) is 4.10. The zero-order valence-corrected chi connectivity index (χ0v) is 13.9. The molecule has 1 atom stereocenters. The fraction of sp³-hybridized carbons (Fsp3) is 0.250. The van der Waals surface area contributed by atoms with Crippen LogP contribution in [-0.2, 0) is 6.54 Å². The first-order valence-electron chi connectivity index (χ1n) is 8.33. The van der Waals surface area contributed by atoms with E-state index in [2.05, 4.69) is 46.4 Å². The average molecular weight is 321 g/mol. The van der Waals surface area contributed by atoms with E-state index in [9.17, 15) is 5.11 Å². The first-order chi connectivity index (χ1) is 11.8. The zero-order valence-electron chi connectivity index (χ0n) is 13.9. The maximum absolute atomic E-state index is 10.1. The molecule has 0 fully saturated rings. The summed E-state index contributed by atoms with van der Waals surface area (Å²) in [6.07, 6.45) is 4.13. The van der Waals surface area contributed by atoms with Crippen LogP contribution >= 0.6 is 0 Å². The maximum Gasteiger partial charge on any atom is 0.0712 e. The Morgan fingerprint density at radius 1 is 1.04 bits per heavy atom. The molecular formula is C20H23N3O. The number of aliphatic hydroxyl groups excluding tert-OH is 1. The quantitative estimate of drug-likeness (QED) is 0.722. The molecule has 0 amide bonds. The van der Waals surface area contributed by atoms with Crippen molar-refractivity contribution in [3.63, 3.8) is 0 Å². The van der Waals surface area contributed by atoms with E-state index in [1.807, 2.05) is 42.1 Å². The number of benzene rings is 2. The van der Waals surface area contributed by atoms with Gasteiger partial charge in [-0.05, 0) is 42.3 Å². The van der Waals surface area contributed by atoms with Gasteiger partial charge in [-0.15, -0.1) is 0 Å². The molecule has 0 aliphatic carbocycles. The van der Waals surface area contributed by atoms with E-state index in [1.165, 1.54) is 5.56 Å². The molecule has 1 heterocycles. The molecule has 0 aliphatic heterocycles. The highest BCUT2D eigenvalue weighted by Crippen LogP contribution is 2.18. The van der Waals surface area contributed by atoms with Crippen molar-refractivity contribution in [2.75, 3.05) is 11.4 Å². The number of hydrogen-bond donors (Lipinski definition) is 1. The van der Waals surface area contributed by atoms with E-state index in [-0.39, 0.29) is 6.10 Å². The molecule has 1 N–H and O–H groups in total. The molecule has 0 aliphatic rings. The van der Waals surface area contributed by atoms with E-state index in [0.29, 0.717) is 6.54 Å². The van der Waals surface area contributed by atoms with Gasteiger partial charge < -0.3 is 10.0 Å². The summed E-state index contributed by atoms with van der Waals surface area (Å²) >= 11 is 0. The van der Waals surface area contributed by atoms with E-state index in [0.717, 1.165) is 24.3 Å². The molecule has 4 nitrogen and oxygen atoms in total. The van der Waals surface area contributed by atoms with Gasteiger partial charge in [0.2, 0.25) is 0 Å². The summed E-state index contributed by atoms with van der Waals surface area (Å²) in [5.74, 6) is 0. The van der Waals surface area contributed by atoms with Crippen molar-refractivity contribution in [3.8, 4) is 5.69 Å². The van der Waals surface area contributed by atoms with Crippen molar-refractivity contribution in [1.82, 2.24) is 9.78 Å². The molecule has 0 saturated carbocycles. The molecule has 1 aromatic heterocycles. The van der Waals surface area contributed by atoms with Crippen LogP contribution in [0, 0.1) is 0 Å². The maximum atomic E-state index is 10.1. The lowest BCUT2D eigenvalue weighted by molar-refractivity contribution is 0.175. The molecule has 0 saturated heterocycles. The predicted octanol–water partition coefficient (Wildman–Crippen LogP) is 3.65. The molecule has 0 spiro atoms. The summed E-state index contributed by atoms with van der Waals surface area (Å²) in [6, 6.07) is 20.5. The van der Waals surface area contributed by atoms with Gasteiger partial charge in [0.1, 0.15) is 0 Å². The minimum Gasteiger partial charge on any atom is -0.391 e. The molecule has 0 radical (unpaired) electrons. The van der Waals surface area contributed by atoms with Gasteiger partial charge in [-0.2, -0.15) is 5.10 Å². The summed E-state index contributed by atoms with van der Waals surface area (Å²) in [5.41, 5.74) is 3.38. The fourth-order valence-corrected chi connectivity index (χ4v) is 2.68. The van der Waals surface area contributed by atoms with Crippen LogP contribution in [0.3, 0.4) is 0 Å². The van der Waals surface area contributed by atoms with Gasteiger partial charge in [0.25, 0.3) is 0 Å². The van der Waals surface area contributed by atoms with Crippen LogP contribution in [0.15, 0.2) is 73.1 Å². The lowest BCUT2D eigenvalue weighted by Crippen LogP contribution is -2.31. The molecule has 3 aromatic rings. The number of para-hydroxylation sites is 1. The summed E-state index contributed by atoms with van der Waals surface area (Å²) in [5, 5.41) is 14.3. The van der Waals surface area contributed by atoms with Crippen LogP contribution in [0.1, 0.15) is 18.9 Å². The monoisotopic (exact) mass is 321 g/mol. The highest BCUT2D eigenvalue weighted by atomic mass is 16.3. The predicted molar refractivity (Wildman–Crippen MR) is 97.4 cm³/mol. The number of rotatable bonds is 7. The first-order valence-corrected chi connectivity index (χ1v) is 8.33. The number of anilines is 1. The van der Waals surface area contributed by atoms with Crippen molar-refractivity contribution in [2.45, 2.75) is 26.0 Å². The first kappa shape index (κ1) is 16.3. The number of aliphatic hydroxyl groups is 1. The van der Waals surface area contributed by atoms with Crippen molar-refractivity contribution < 1.29 is 5.11 Å². The smallest absolute Gasteiger partial charge is 0.0712 e. The second kappa shape index (κ2) is 7.79. The third kappa shape index (κ3) is 4.03. The molecule has 4 heteroatoms. The van der Waals surface area contributed by atoms with Crippen LogP contribution in [0.4, 0.5) is 5.69 Å². The SMILES string of the molecule is CCC(O)CN(Cc1ccc(-n2cccn2)cc1)c1ccccc1. The summed E-state index contributed by atoms with van der Waals surface area (Å²) in [4.78, 5) is 2.22. The van der Waals surface area contributed by atoms with Crippen LogP contribution in [0.25, 0.3) is 5.69 Å². The minimum absolute atomic E-state index is 0.325. The summed E-state index contributed by atoms with van der Waals surface area (Å²) < 4.78 is 1.85. The largest absolute Gasteiger partial charge is 0.391 e. The summed E-state index contributed by atoms with van der Waals surface area (Å²) in [7, 11) is 0. The van der Waals surface area contributed by atoms with Crippen LogP contribution < -0.4 is 4.90 Å². The summed E-state index contributed by atoms with van der Waals surface area (Å²) in [6.45, 7) is 3.40. The molecule has 24 heavy (non-hydrogen) atoms. The Balaban J connectivity index is 1.77. The third-order valence-electron chi connectivity index (χ3n) is 4.10. The number of nitrogens with zero attached hydrogens (tertiary/aromatic N) is 3. The van der Waals surface area contributed by atoms with Gasteiger partial charge in [-0.1, -0.05) is 37.3 Å². The Kier molecular flexibility index (Phi) is 5.29. The van der Waals surface area contributed by atoms with Gasteiger partial charge in [0.05, 0.1) is 11.8 Å².